The van der Waals surface area contributed by atoms with E-state index in [2.05, 4.69) is 10.6 Å². The lowest BCUT2D eigenvalue weighted by molar-refractivity contribution is -0.148. The van der Waals surface area contributed by atoms with Crippen molar-refractivity contribution in [3.8, 4) is 0 Å². The molecule has 2 aromatic carbocycles. The Morgan fingerprint density at radius 2 is 1.68 bits per heavy atom. The number of aryl methyl sites for hydroxylation is 2. The van der Waals surface area contributed by atoms with Crippen molar-refractivity contribution in [1.29, 1.82) is 0 Å². The molecular weight excluding hydrogens is 356 g/mol. The Balaban J connectivity index is 1.69. The van der Waals surface area contributed by atoms with E-state index in [0.717, 1.165) is 16.7 Å². The molecule has 2 rings (SSSR count). The van der Waals surface area contributed by atoms with Gasteiger partial charge in [0.1, 0.15) is 6.54 Å². The van der Waals surface area contributed by atoms with Gasteiger partial charge >= 0.3 is 5.97 Å². The van der Waals surface area contributed by atoms with Gasteiger partial charge in [0.2, 0.25) is 5.91 Å². The number of nitrogens with one attached hydrogen (secondary N) is 2. The zero-order chi connectivity index (χ0) is 20.5. The topological polar surface area (TPSA) is 84.5 Å². The molecule has 0 radical (unpaired) electrons. The van der Waals surface area contributed by atoms with E-state index in [1.165, 1.54) is 5.56 Å². The minimum atomic E-state index is -0.657. The molecule has 2 amide bonds. The number of hydrogen-bond donors (Lipinski definition) is 2. The maximum absolute atomic E-state index is 12.0. The standard InChI is InChI=1S/C22H26N2O4/c1-15-9-10-19(11-16(15)2)17(3)24-21(26)14-28-22(27)13-23-20(25)12-18-7-5-4-6-8-18/h4-11,17H,12-14H2,1-3H3,(H,23,25)(H,24,26). The number of amides is 2. The molecule has 0 aliphatic rings. The summed E-state index contributed by atoms with van der Waals surface area (Å²) in [7, 11) is 0. The molecule has 0 aliphatic heterocycles. The summed E-state index contributed by atoms with van der Waals surface area (Å²) < 4.78 is 4.92. The second-order valence-electron chi connectivity index (χ2n) is 6.73. The van der Waals surface area contributed by atoms with Crippen molar-refractivity contribution in [3.05, 3.63) is 70.8 Å². The third-order valence-electron chi connectivity index (χ3n) is 4.41. The second kappa shape index (κ2) is 10.3. The molecule has 148 valence electrons. The molecular formula is C22H26N2O4. The van der Waals surface area contributed by atoms with E-state index < -0.39 is 11.9 Å². The quantitative estimate of drug-likeness (QED) is 0.687. The number of hydrogen-bond acceptors (Lipinski definition) is 4. The highest BCUT2D eigenvalue weighted by molar-refractivity contribution is 5.85. The average molecular weight is 382 g/mol. The van der Waals surface area contributed by atoms with Gasteiger partial charge in [-0.15, -0.1) is 0 Å². The van der Waals surface area contributed by atoms with Crippen molar-refractivity contribution in [2.24, 2.45) is 0 Å². The predicted molar refractivity (Wildman–Crippen MR) is 107 cm³/mol. The van der Waals surface area contributed by atoms with Gasteiger partial charge in [0, 0.05) is 0 Å². The molecule has 0 bridgehead atoms. The van der Waals surface area contributed by atoms with Gasteiger partial charge in [-0.2, -0.15) is 0 Å². The maximum Gasteiger partial charge on any atom is 0.325 e. The van der Waals surface area contributed by atoms with Crippen molar-refractivity contribution in [2.45, 2.75) is 33.2 Å². The maximum atomic E-state index is 12.0. The molecule has 2 aromatic rings. The van der Waals surface area contributed by atoms with Gasteiger partial charge in [-0.05, 0) is 43.0 Å². The lowest BCUT2D eigenvalue weighted by Gasteiger charge is -2.16. The van der Waals surface area contributed by atoms with Crippen LogP contribution in [0.3, 0.4) is 0 Å². The van der Waals surface area contributed by atoms with Crippen molar-refractivity contribution in [1.82, 2.24) is 10.6 Å². The molecule has 0 spiro atoms. The summed E-state index contributed by atoms with van der Waals surface area (Å²) in [4.78, 5) is 35.5. The van der Waals surface area contributed by atoms with E-state index in [9.17, 15) is 14.4 Å². The van der Waals surface area contributed by atoms with E-state index in [0.29, 0.717) is 0 Å². The monoisotopic (exact) mass is 382 g/mol. The minimum Gasteiger partial charge on any atom is -0.454 e. The fourth-order valence-electron chi connectivity index (χ4n) is 2.61. The molecule has 6 nitrogen and oxygen atoms in total. The van der Waals surface area contributed by atoms with E-state index in [1.807, 2.05) is 69.3 Å². The molecule has 2 N–H and O–H groups in total. The van der Waals surface area contributed by atoms with Crippen LogP contribution in [0.25, 0.3) is 0 Å². The van der Waals surface area contributed by atoms with Crippen LogP contribution >= 0.6 is 0 Å². The average Bonchev–Trinajstić information content (AvgIpc) is 2.67. The van der Waals surface area contributed by atoms with Crippen molar-refractivity contribution >= 4 is 17.8 Å². The zero-order valence-corrected chi connectivity index (χ0v) is 16.5. The van der Waals surface area contributed by atoms with Gasteiger partial charge in [0.15, 0.2) is 6.61 Å². The first-order valence-electron chi connectivity index (χ1n) is 9.18. The Morgan fingerprint density at radius 3 is 2.36 bits per heavy atom. The van der Waals surface area contributed by atoms with Crippen LogP contribution in [0.5, 0.6) is 0 Å². The van der Waals surface area contributed by atoms with E-state index >= 15 is 0 Å². The first kappa shape index (κ1) is 21.2. The highest BCUT2D eigenvalue weighted by Crippen LogP contribution is 2.16. The third-order valence-corrected chi connectivity index (χ3v) is 4.41. The normalized spacial score (nSPS) is 11.4. The lowest BCUT2D eigenvalue weighted by atomic mass is 10.0. The van der Waals surface area contributed by atoms with Gasteiger partial charge in [-0.25, -0.2) is 0 Å². The summed E-state index contributed by atoms with van der Waals surface area (Å²) in [5, 5.41) is 5.28. The summed E-state index contributed by atoms with van der Waals surface area (Å²) >= 11 is 0. The summed E-state index contributed by atoms with van der Waals surface area (Å²) in [6.45, 7) is 5.25. The summed E-state index contributed by atoms with van der Waals surface area (Å²) in [6, 6.07) is 15.0. The van der Waals surface area contributed by atoms with Crippen LogP contribution in [-0.2, 0) is 25.5 Å². The first-order valence-corrected chi connectivity index (χ1v) is 9.18. The van der Waals surface area contributed by atoms with Gasteiger partial charge in [0.05, 0.1) is 12.5 Å². The van der Waals surface area contributed by atoms with Crippen LogP contribution in [0.4, 0.5) is 0 Å². The van der Waals surface area contributed by atoms with E-state index in [-0.39, 0.29) is 31.5 Å². The molecule has 0 saturated heterocycles. The molecule has 0 fully saturated rings. The number of esters is 1. The molecule has 0 heterocycles. The lowest BCUT2D eigenvalue weighted by Crippen LogP contribution is -2.35. The van der Waals surface area contributed by atoms with Crippen LogP contribution in [0.15, 0.2) is 48.5 Å². The molecule has 28 heavy (non-hydrogen) atoms. The third kappa shape index (κ3) is 6.87. The van der Waals surface area contributed by atoms with Crippen LogP contribution in [0, 0.1) is 13.8 Å². The van der Waals surface area contributed by atoms with Crippen molar-refractivity contribution < 1.29 is 19.1 Å². The zero-order valence-electron chi connectivity index (χ0n) is 16.5. The highest BCUT2D eigenvalue weighted by Gasteiger charge is 2.13. The molecule has 0 aliphatic carbocycles. The van der Waals surface area contributed by atoms with Gasteiger partial charge < -0.3 is 15.4 Å². The molecule has 0 aromatic heterocycles. The van der Waals surface area contributed by atoms with Crippen LogP contribution in [0.1, 0.15) is 35.2 Å². The Bertz CT molecular complexity index is 834. The largest absolute Gasteiger partial charge is 0.454 e. The minimum absolute atomic E-state index is 0.183. The molecule has 0 saturated carbocycles. The van der Waals surface area contributed by atoms with Crippen LogP contribution in [0.2, 0.25) is 0 Å². The van der Waals surface area contributed by atoms with Crippen molar-refractivity contribution in [2.75, 3.05) is 13.2 Å². The van der Waals surface area contributed by atoms with Crippen molar-refractivity contribution in [3.63, 3.8) is 0 Å². The highest BCUT2D eigenvalue weighted by atomic mass is 16.5. The SMILES string of the molecule is Cc1ccc(C(C)NC(=O)COC(=O)CNC(=O)Cc2ccccc2)cc1C. The van der Waals surface area contributed by atoms with Crippen LogP contribution in [-0.4, -0.2) is 30.9 Å². The van der Waals surface area contributed by atoms with E-state index in [1.54, 1.807) is 0 Å². The number of carbonyl (C=O) groups is 3. The number of benzene rings is 2. The Hall–Kier alpha value is -3.15. The number of ether oxygens (including phenoxy) is 1. The first-order chi connectivity index (χ1) is 13.3. The van der Waals surface area contributed by atoms with Gasteiger partial charge in [-0.1, -0.05) is 48.5 Å². The smallest absolute Gasteiger partial charge is 0.325 e. The Morgan fingerprint density at radius 1 is 0.964 bits per heavy atom. The molecule has 6 heteroatoms. The van der Waals surface area contributed by atoms with Crippen LogP contribution < -0.4 is 10.6 Å². The van der Waals surface area contributed by atoms with Gasteiger partial charge in [-0.3, -0.25) is 14.4 Å². The summed E-state index contributed by atoms with van der Waals surface area (Å²) in [5.41, 5.74) is 4.17. The summed E-state index contributed by atoms with van der Waals surface area (Å²) in [5.74, 6) is -1.33. The second-order valence-corrected chi connectivity index (χ2v) is 6.73. The Labute approximate surface area is 165 Å². The van der Waals surface area contributed by atoms with Gasteiger partial charge in [0.25, 0.3) is 5.91 Å². The molecule has 1 unspecified atom stereocenters. The fourth-order valence-corrected chi connectivity index (χ4v) is 2.61. The van der Waals surface area contributed by atoms with E-state index in [4.69, 9.17) is 4.74 Å². The summed E-state index contributed by atoms with van der Waals surface area (Å²) in [6.07, 6.45) is 0.183. The molecule has 1 atom stereocenters. The number of rotatable bonds is 8. The Kier molecular flexibility index (Phi) is 7.75. The fraction of sp³-hybridized carbons (Fsp3) is 0.318. The predicted octanol–water partition coefficient (Wildman–Crippen LogP) is 2.38. The number of carbonyl (C=O) groups excluding carboxylic acids is 3.